The van der Waals surface area contributed by atoms with Crippen LogP contribution < -0.4 is 10.6 Å². The number of carboxylic acids is 1. The molecule has 0 saturated heterocycles. The number of hydrogen-bond acceptors (Lipinski definition) is 4. The van der Waals surface area contributed by atoms with Crippen LogP contribution in [0.15, 0.2) is 0 Å². The van der Waals surface area contributed by atoms with E-state index in [-0.39, 0.29) is 25.0 Å². The number of likely N-dealkylation sites (N-methyl/N-ethyl adjacent to an activating group) is 1. The molecule has 0 aliphatic carbocycles. The molecule has 0 fully saturated rings. The van der Waals surface area contributed by atoms with Gasteiger partial charge in [0.1, 0.15) is 0 Å². The lowest BCUT2D eigenvalue weighted by molar-refractivity contribution is -0.140. The third-order valence-electron chi connectivity index (χ3n) is 2.73. The van der Waals surface area contributed by atoms with Crippen LogP contribution in [0.3, 0.4) is 0 Å². The number of carbonyl (C=O) groups excluding carboxylic acids is 1. The number of urea groups is 1. The van der Waals surface area contributed by atoms with E-state index in [0.717, 1.165) is 0 Å². The third-order valence-corrected chi connectivity index (χ3v) is 2.73. The summed E-state index contributed by atoms with van der Waals surface area (Å²) in [5.74, 6) is -0.943. The maximum Gasteiger partial charge on any atom is 0.314 e. The van der Waals surface area contributed by atoms with E-state index in [2.05, 4.69) is 10.6 Å². The number of nitrogens with one attached hydrogen (secondary N) is 2. The Bertz CT molecular complexity index is 284. The molecule has 0 aliphatic heterocycles. The fraction of sp³-hybridized carbons (Fsp3) is 0.833. The standard InChI is InChI=1S/C12H25N3O4/c1-5-19-10(6-11(16)17)8-14-12(18)13-7-9(2)15(3)4/h9-10H,5-8H2,1-4H3,(H,16,17)(H2,13,14,18). The molecule has 7 heteroatoms. The Morgan fingerprint density at radius 2 is 1.84 bits per heavy atom. The van der Waals surface area contributed by atoms with Gasteiger partial charge in [0.15, 0.2) is 0 Å². The smallest absolute Gasteiger partial charge is 0.314 e. The number of ether oxygens (including phenoxy) is 1. The van der Waals surface area contributed by atoms with Crippen LogP contribution >= 0.6 is 0 Å². The van der Waals surface area contributed by atoms with Crippen LogP contribution in [0.1, 0.15) is 20.3 Å². The molecule has 2 unspecified atom stereocenters. The molecular weight excluding hydrogens is 250 g/mol. The number of nitrogens with zero attached hydrogens (tertiary/aromatic N) is 1. The zero-order chi connectivity index (χ0) is 14.8. The lowest BCUT2D eigenvalue weighted by Gasteiger charge is -2.21. The van der Waals surface area contributed by atoms with E-state index >= 15 is 0 Å². The van der Waals surface area contributed by atoms with Crippen molar-refractivity contribution in [3.63, 3.8) is 0 Å². The van der Waals surface area contributed by atoms with Crippen molar-refractivity contribution in [2.75, 3.05) is 33.8 Å². The number of hydrogen-bond donors (Lipinski definition) is 3. The summed E-state index contributed by atoms with van der Waals surface area (Å²) in [6, 6.07) is -0.0868. The van der Waals surface area contributed by atoms with Gasteiger partial charge in [-0.2, -0.15) is 0 Å². The van der Waals surface area contributed by atoms with Gasteiger partial charge in [0, 0.05) is 25.7 Å². The van der Waals surface area contributed by atoms with Gasteiger partial charge in [0.25, 0.3) is 0 Å². The highest BCUT2D eigenvalue weighted by Gasteiger charge is 2.14. The molecule has 19 heavy (non-hydrogen) atoms. The zero-order valence-electron chi connectivity index (χ0n) is 12.1. The average Bonchev–Trinajstić information content (AvgIpc) is 2.32. The summed E-state index contributed by atoms with van der Waals surface area (Å²) < 4.78 is 5.24. The molecule has 0 aliphatic rings. The molecule has 0 spiro atoms. The van der Waals surface area contributed by atoms with Crippen LogP contribution in [-0.4, -0.2) is 67.9 Å². The Morgan fingerprint density at radius 3 is 2.32 bits per heavy atom. The largest absolute Gasteiger partial charge is 0.481 e. The van der Waals surface area contributed by atoms with Crippen molar-refractivity contribution >= 4 is 12.0 Å². The number of amides is 2. The van der Waals surface area contributed by atoms with Gasteiger partial charge >= 0.3 is 12.0 Å². The second-order valence-corrected chi connectivity index (χ2v) is 4.58. The van der Waals surface area contributed by atoms with Gasteiger partial charge < -0.3 is 25.4 Å². The Labute approximate surface area is 114 Å². The van der Waals surface area contributed by atoms with Crippen LogP contribution in [0.4, 0.5) is 4.79 Å². The predicted molar refractivity (Wildman–Crippen MR) is 72.2 cm³/mol. The highest BCUT2D eigenvalue weighted by Crippen LogP contribution is 1.97. The van der Waals surface area contributed by atoms with Crippen LogP contribution in [0.25, 0.3) is 0 Å². The van der Waals surface area contributed by atoms with E-state index < -0.39 is 12.1 Å². The minimum atomic E-state index is -0.943. The van der Waals surface area contributed by atoms with Gasteiger partial charge in [-0.1, -0.05) is 0 Å². The van der Waals surface area contributed by atoms with E-state index in [1.54, 1.807) is 6.92 Å². The van der Waals surface area contributed by atoms with Crippen LogP contribution in [0, 0.1) is 0 Å². The summed E-state index contributed by atoms with van der Waals surface area (Å²) in [5, 5.41) is 14.0. The first-order valence-electron chi connectivity index (χ1n) is 6.38. The second kappa shape index (κ2) is 9.57. The van der Waals surface area contributed by atoms with Crippen molar-refractivity contribution in [1.82, 2.24) is 15.5 Å². The van der Waals surface area contributed by atoms with Gasteiger partial charge in [-0.05, 0) is 27.9 Å². The monoisotopic (exact) mass is 275 g/mol. The lowest BCUT2D eigenvalue weighted by Crippen LogP contribution is -2.45. The fourth-order valence-electron chi connectivity index (χ4n) is 1.31. The van der Waals surface area contributed by atoms with Gasteiger partial charge in [-0.15, -0.1) is 0 Å². The number of rotatable bonds is 9. The van der Waals surface area contributed by atoms with Crippen molar-refractivity contribution < 1.29 is 19.4 Å². The zero-order valence-corrected chi connectivity index (χ0v) is 12.1. The second-order valence-electron chi connectivity index (χ2n) is 4.58. The summed E-state index contributed by atoms with van der Waals surface area (Å²) in [5.41, 5.74) is 0. The maximum atomic E-state index is 11.5. The summed E-state index contributed by atoms with van der Waals surface area (Å²) in [6.07, 6.45) is -0.623. The summed E-state index contributed by atoms with van der Waals surface area (Å²) in [7, 11) is 3.87. The summed E-state index contributed by atoms with van der Waals surface area (Å²) >= 11 is 0. The Morgan fingerprint density at radius 1 is 1.26 bits per heavy atom. The molecule has 112 valence electrons. The molecule has 0 saturated carbocycles. The number of aliphatic carboxylic acids is 1. The molecule has 0 rings (SSSR count). The molecular formula is C12H25N3O4. The Kier molecular flexibility index (Phi) is 8.90. The van der Waals surface area contributed by atoms with Crippen LogP contribution in [0.5, 0.6) is 0 Å². The molecule has 0 heterocycles. The highest BCUT2D eigenvalue weighted by molar-refractivity contribution is 5.74. The molecule has 2 atom stereocenters. The SMILES string of the molecule is CCOC(CNC(=O)NCC(C)N(C)C)CC(=O)O. The Balaban J connectivity index is 3.94. The molecule has 0 aromatic heterocycles. The molecule has 0 aromatic carbocycles. The first-order valence-corrected chi connectivity index (χ1v) is 6.38. The van der Waals surface area contributed by atoms with E-state index in [1.165, 1.54) is 0 Å². The topological polar surface area (TPSA) is 90.9 Å². The minimum absolute atomic E-state index is 0.123. The number of carboxylic acid groups (broad SMARTS) is 1. The van der Waals surface area contributed by atoms with Crippen LogP contribution in [0.2, 0.25) is 0 Å². The average molecular weight is 275 g/mol. The van der Waals surface area contributed by atoms with Crippen molar-refractivity contribution in [2.24, 2.45) is 0 Å². The van der Waals surface area contributed by atoms with Gasteiger partial charge in [-0.25, -0.2) is 4.79 Å². The molecule has 0 aromatic rings. The van der Waals surface area contributed by atoms with E-state index in [9.17, 15) is 9.59 Å². The van der Waals surface area contributed by atoms with E-state index in [0.29, 0.717) is 13.2 Å². The van der Waals surface area contributed by atoms with Crippen LogP contribution in [-0.2, 0) is 9.53 Å². The lowest BCUT2D eigenvalue weighted by atomic mass is 10.2. The fourth-order valence-corrected chi connectivity index (χ4v) is 1.31. The number of carbonyl (C=O) groups is 2. The van der Waals surface area contributed by atoms with Gasteiger partial charge in [0.05, 0.1) is 12.5 Å². The van der Waals surface area contributed by atoms with E-state index in [1.807, 2.05) is 25.9 Å². The molecule has 3 N–H and O–H groups in total. The minimum Gasteiger partial charge on any atom is -0.481 e. The van der Waals surface area contributed by atoms with E-state index in [4.69, 9.17) is 9.84 Å². The normalized spacial score (nSPS) is 13.9. The highest BCUT2D eigenvalue weighted by atomic mass is 16.5. The molecule has 0 bridgehead atoms. The van der Waals surface area contributed by atoms with Crippen molar-refractivity contribution in [3.8, 4) is 0 Å². The first-order chi connectivity index (χ1) is 8.86. The summed E-state index contributed by atoms with van der Waals surface area (Å²) in [6.45, 7) is 4.90. The van der Waals surface area contributed by atoms with Crippen molar-refractivity contribution in [3.05, 3.63) is 0 Å². The third kappa shape index (κ3) is 9.26. The van der Waals surface area contributed by atoms with Crippen molar-refractivity contribution in [1.29, 1.82) is 0 Å². The molecule has 2 amide bonds. The quantitative estimate of drug-likeness (QED) is 0.556. The molecule has 7 nitrogen and oxygen atoms in total. The van der Waals surface area contributed by atoms with Gasteiger partial charge in [0.2, 0.25) is 0 Å². The predicted octanol–water partition coefficient (Wildman–Crippen LogP) is 0.116. The molecule has 0 radical (unpaired) electrons. The van der Waals surface area contributed by atoms with Gasteiger partial charge in [-0.3, -0.25) is 4.79 Å². The van der Waals surface area contributed by atoms with Crippen molar-refractivity contribution in [2.45, 2.75) is 32.4 Å². The summed E-state index contributed by atoms with van der Waals surface area (Å²) in [4.78, 5) is 24.1. The maximum absolute atomic E-state index is 11.5. The first kappa shape index (κ1) is 17.7. The Hall–Kier alpha value is -1.34.